The highest BCUT2D eigenvalue weighted by Crippen LogP contribution is 2.32. The van der Waals surface area contributed by atoms with Crippen LogP contribution in [0.15, 0.2) is 36.5 Å². The van der Waals surface area contributed by atoms with Gasteiger partial charge in [-0.15, -0.1) is 0 Å². The molecule has 1 amide bonds. The molecule has 0 radical (unpaired) electrons. The Labute approximate surface area is 211 Å². The van der Waals surface area contributed by atoms with E-state index in [-0.39, 0.29) is 16.8 Å². The smallest absolute Gasteiger partial charge is 0.300 e. The number of nitrogens with zero attached hydrogens (tertiary/aromatic N) is 1. The molecule has 3 rings (SSSR count). The Morgan fingerprint density at radius 1 is 1.00 bits per heavy atom. The van der Waals surface area contributed by atoms with Crippen LogP contribution in [0, 0.1) is 26.8 Å². The van der Waals surface area contributed by atoms with Crippen molar-refractivity contribution in [1.29, 1.82) is 0 Å². The lowest BCUT2D eigenvalue weighted by Gasteiger charge is -2.17. The number of hydrogen-bond donors (Lipinski definition) is 4. The van der Waals surface area contributed by atoms with Gasteiger partial charge in [0.2, 0.25) is 0 Å². The predicted molar refractivity (Wildman–Crippen MR) is 131 cm³/mol. The van der Waals surface area contributed by atoms with E-state index in [4.69, 9.17) is 0 Å². The summed E-state index contributed by atoms with van der Waals surface area (Å²) in [6, 6.07) is 6.14. The molecule has 0 bridgehead atoms. The summed E-state index contributed by atoms with van der Waals surface area (Å²) in [4.78, 5) is 16.0. The number of rotatable bonds is 8. The van der Waals surface area contributed by atoms with Gasteiger partial charge in [-0.1, -0.05) is 0 Å². The number of amides is 1. The van der Waals surface area contributed by atoms with Gasteiger partial charge in [0, 0.05) is 30.3 Å². The molecule has 1 heterocycles. The molecule has 1 aromatic heterocycles. The molecular weight excluding hydrogens is 605 g/mol. The van der Waals surface area contributed by atoms with Crippen molar-refractivity contribution in [2.45, 2.75) is 6.42 Å². The molecular formula is C21H18F4IN5O3S. The molecule has 0 aliphatic heterocycles. The zero-order chi connectivity index (χ0) is 25.9. The van der Waals surface area contributed by atoms with Gasteiger partial charge in [-0.05, 0) is 64.0 Å². The Hall–Kier alpha value is -2.98. The van der Waals surface area contributed by atoms with E-state index in [1.807, 2.05) is 32.0 Å². The molecule has 0 atom stereocenters. The van der Waals surface area contributed by atoms with Gasteiger partial charge in [-0.3, -0.25) is 9.52 Å². The highest BCUT2D eigenvalue weighted by Gasteiger charge is 2.24. The van der Waals surface area contributed by atoms with Crippen LogP contribution >= 0.6 is 22.6 Å². The Balaban J connectivity index is 2.07. The van der Waals surface area contributed by atoms with Gasteiger partial charge in [0.1, 0.15) is 5.82 Å². The summed E-state index contributed by atoms with van der Waals surface area (Å²) in [6.07, 6.45) is 0.531. The molecule has 8 nitrogen and oxygen atoms in total. The van der Waals surface area contributed by atoms with E-state index >= 15 is 8.78 Å². The summed E-state index contributed by atoms with van der Waals surface area (Å²) >= 11 is 1.87. The van der Waals surface area contributed by atoms with Crippen LogP contribution in [0.4, 0.5) is 34.8 Å². The van der Waals surface area contributed by atoms with Crippen molar-refractivity contribution in [1.82, 2.24) is 15.0 Å². The second-order valence-corrected chi connectivity index (χ2v) is 9.90. The van der Waals surface area contributed by atoms with Gasteiger partial charge in [-0.2, -0.15) is 8.42 Å². The largest absolute Gasteiger partial charge is 0.355 e. The van der Waals surface area contributed by atoms with Gasteiger partial charge < -0.3 is 10.6 Å². The highest BCUT2D eigenvalue weighted by atomic mass is 127. The number of pyridine rings is 1. The first kappa shape index (κ1) is 26.6. The number of halogens is 5. The van der Waals surface area contributed by atoms with Crippen LogP contribution in [-0.4, -0.2) is 33.4 Å². The third kappa shape index (κ3) is 5.99. The molecule has 0 spiro atoms. The second-order valence-electron chi connectivity index (χ2n) is 7.03. The number of nitrogens with one attached hydrogen (secondary N) is 4. The van der Waals surface area contributed by atoms with Crippen molar-refractivity contribution in [2.75, 3.05) is 24.1 Å². The van der Waals surface area contributed by atoms with E-state index in [0.29, 0.717) is 3.57 Å². The van der Waals surface area contributed by atoms with E-state index in [1.54, 1.807) is 0 Å². The Bertz CT molecular complexity index is 1410. The molecule has 2 aromatic carbocycles. The maximum atomic E-state index is 15.1. The van der Waals surface area contributed by atoms with Crippen LogP contribution in [0.25, 0.3) is 0 Å². The summed E-state index contributed by atoms with van der Waals surface area (Å²) in [6.45, 7) is 0. The minimum Gasteiger partial charge on any atom is -0.355 e. The lowest BCUT2D eigenvalue weighted by molar-refractivity contribution is 0.0963. The fourth-order valence-corrected chi connectivity index (χ4v) is 4.00. The zero-order valence-corrected chi connectivity index (χ0v) is 21.1. The fraction of sp³-hybridized carbons (Fsp3) is 0.143. The van der Waals surface area contributed by atoms with Crippen molar-refractivity contribution < 1.29 is 30.8 Å². The number of anilines is 3. The summed E-state index contributed by atoms with van der Waals surface area (Å²) in [5.41, 5.74) is -1.78. The van der Waals surface area contributed by atoms with E-state index in [9.17, 15) is 22.0 Å². The number of hydrogen-bond acceptors (Lipinski definition) is 5. The Morgan fingerprint density at radius 2 is 1.71 bits per heavy atom. The van der Waals surface area contributed by atoms with Crippen LogP contribution in [0.3, 0.4) is 0 Å². The summed E-state index contributed by atoms with van der Waals surface area (Å²) in [5, 5.41) is 4.71. The minimum atomic E-state index is -4.09. The van der Waals surface area contributed by atoms with Gasteiger partial charge in [0.15, 0.2) is 23.3 Å². The molecule has 0 unspecified atom stereocenters. The summed E-state index contributed by atoms with van der Waals surface area (Å²) in [5.74, 6) is -6.22. The molecule has 0 aliphatic carbocycles. The van der Waals surface area contributed by atoms with Gasteiger partial charge in [0.05, 0.1) is 16.9 Å². The van der Waals surface area contributed by atoms with Gasteiger partial charge >= 0.3 is 0 Å². The predicted octanol–water partition coefficient (Wildman–Crippen LogP) is 3.81. The van der Waals surface area contributed by atoms with Crippen molar-refractivity contribution >= 4 is 55.9 Å². The monoisotopic (exact) mass is 623 g/mol. The number of benzene rings is 2. The molecule has 0 fully saturated rings. The topological polar surface area (TPSA) is 112 Å². The van der Waals surface area contributed by atoms with Crippen LogP contribution in [0.2, 0.25) is 0 Å². The number of carbonyl (C=O) groups is 1. The maximum Gasteiger partial charge on any atom is 0.300 e. The average Bonchev–Trinajstić information content (AvgIpc) is 2.81. The molecule has 0 saturated heterocycles. The van der Waals surface area contributed by atoms with Gasteiger partial charge in [-0.25, -0.2) is 27.3 Å². The van der Waals surface area contributed by atoms with Crippen molar-refractivity contribution in [3.63, 3.8) is 0 Å². The van der Waals surface area contributed by atoms with E-state index in [2.05, 4.69) is 15.6 Å². The van der Waals surface area contributed by atoms with E-state index in [1.165, 1.54) is 19.2 Å². The first-order valence-corrected chi connectivity index (χ1v) is 12.3. The molecule has 35 heavy (non-hydrogen) atoms. The van der Waals surface area contributed by atoms with Crippen molar-refractivity contribution in [3.8, 4) is 0 Å². The first-order valence-electron chi connectivity index (χ1n) is 9.77. The molecule has 0 saturated carbocycles. The van der Waals surface area contributed by atoms with E-state index < -0.39 is 62.9 Å². The van der Waals surface area contributed by atoms with Crippen molar-refractivity contribution in [2.24, 2.45) is 0 Å². The Morgan fingerprint density at radius 3 is 2.34 bits per heavy atom. The van der Waals surface area contributed by atoms with Crippen LogP contribution in [0.1, 0.15) is 21.5 Å². The minimum absolute atomic E-state index is 0.191. The lowest BCUT2D eigenvalue weighted by atomic mass is 9.99. The summed E-state index contributed by atoms with van der Waals surface area (Å²) in [7, 11) is -1.73. The summed E-state index contributed by atoms with van der Waals surface area (Å²) < 4.78 is 87.0. The normalized spacial score (nSPS) is 11.3. The van der Waals surface area contributed by atoms with Crippen LogP contribution in [-0.2, 0) is 16.6 Å². The molecule has 14 heteroatoms. The molecule has 0 aliphatic rings. The highest BCUT2D eigenvalue weighted by molar-refractivity contribution is 14.1. The Kier molecular flexibility index (Phi) is 8.17. The fourth-order valence-electron chi connectivity index (χ4n) is 3.04. The third-order valence-electron chi connectivity index (χ3n) is 4.79. The lowest BCUT2D eigenvalue weighted by Crippen LogP contribution is -2.27. The van der Waals surface area contributed by atoms with Crippen molar-refractivity contribution in [3.05, 3.63) is 80.1 Å². The quantitative estimate of drug-likeness (QED) is 0.225. The second kappa shape index (κ2) is 10.7. The van der Waals surface area contributed by atoms with Crippen LogP contribution in [0.5, 0.6) is 0 Å². The van der Waals surface area contributed by atoms with Crippen LogP contribution < -0.4 is 20.1 Å². The molecule has 4 N–H and O–H groups in total. The number of aromatic nitrogens is 1. The molecule has 186 valence electrons. The van der Waals surface area contributed by atoms with Gasteiger partial charge in [0.25, 0.3) is 16.1 Å². The zero-order valence-electron chi connectivity index (χ0n) is 18.1. The maximum absolute atomic E-state index is 15.1. The number of carbonyl (C=O) groups excluding carboxylic acids is 1. The third-order valence-corrected chi connectivity index (χ3v) is 6.46. The van der Waals surface area contributed by atoms with E-state index in [0.717, 1.165) is 31.4 Å². The SMILES string of the molecule is CNC(=O)c1cc(Cc2ccnc(NS(=O)(=O)NC)c2F)c(F)c(F)c1Nc1ccc(I)cc1F. The standard InChI is InChI=1S/C21H18F4IN5O3S/c1-27-21(32)13-8-11(7-10-5-6-29-20(17(10)24)31-35(33,34)28-2)16(23)18(25)19(13)30-15-4-3-12(26)9-14(15)22/h3-6,8-9,28,30H,7H2,1-2H3,(H,27,32)(H,29,31). The first-order chi connectivity index (χ1) is 16.5. The average molecular weight is 623 g/mol. The molecule has 3 aromatic rings.